The Morgan fingerprint density at radius 1 is 1.04 bits per heavy atom. The van der Waals surface area contributed by atoms with Crippen molar-refractivity contribution in [2.45, 2.75) is 20.8 Å². The van der Waals surface area contributed by atoms with E-state index < -0.39 is 5.91 Å². The Balaban J connectivity index is 2.05. The number of hydrogen-bond donors (Lipinski definition) is 0. The Morgan fingerprint density at radius 3 is 2.28 bits per heavy atom. The standard InChI is InChI=1S/C21H18N2OS/c1-5-20(24)23(18-11-15(3)10-16(4)12-18)21-22-19(13-25-21)17-8-6-14(2)7-9-17/h1,6-13H,2-4H3. The summed E-state index contributed by atoms with van der Waals surface area (Å²) >= 11 is 1.41. The molecule has 0 saturated heterocycles. The first-order valence-corrected chi connectivity index (χ1v) is 8.77. The number of carbonyl (C=O) groups excluding carboxylic acids is 1. The third-order valence-corrected chi connectivity index (χ3v) is 4.65. The summed E-state index contributed by atoms with van der Waals surface area (Å²) in [7, 11) is 0. The van der Waals surface area contributed by atoms with E-state index in [4.69, 9.17) is 6.42 Å². The molecular formula is C21H18N2OS. The van der Waals surface area contributed by atoms with Crippen molar-refractivity contribution in [1.29, 1.82) is 0 Å². The van der Waals surface area contributed by atoms with E-state index in [2.05, 4.69) is 17.0 Å². The summed E-state index contributed by atoms with van der Waals surface area (Å²) in [6, 6.07) is 14.1. The molecule has 1 heterocycles. The lowest BCUT2D eigenvalue weighted by Gasteiger charge is -2.18. The van der Waals surface area contributed by atoms with E-state index in [1.54, 1.807) is 0 Å². The van der Waals surface area contributed by atoms with Crippen molar-refractivity contribution in [2.75, 3.05) is 4.90 Å². The molecule has 0 fully saturated rings. The summed E-state index contributed by atoms with van der Waals surface area (Å²) in [6.45, 7) is 6.03. The molecule has 0 aliphatic heterocycles. The van der Waals surface area contributed by atoms with Crippen LogP contribution in [0.1, 0.15) is 16.7 Å². The second-order valence-corrected chi connectivity index (χ2v) is 6.85. The Bertz CT molecular complexity index is 944. The maximum atomic E-state index is 12.4. The maximum Gasteiger partial charge on any atom is 0.309 e. The number of rotatable bonds is 3. The molecule has 0 N–H and O–H groups in total. The molecule has 0 unspecified atom stereocenters. The molecule has 0 spiro atoms. The summed E-state index contributed by atoms with van der Waals surface area (Å²) in [5.74, 6) is 1.79. The van der Waals surface area contributed by atoms with Crippen LogP contribution in [0.15, 0.2) is 47.8 Å². The third kappa shape index (κ3) is 3.62. The minimum absolute atomic E-state index is 0.421. The molecule has 25 heavy (non-hydrogen) atoms. The fourth-order valence-electron chi connectivity index (χ4n) is 2.68. The molecule has 0 aliphatic carbocycles. The van der Waals surface area contributed by atoms with Crippen LogP contribution in [0, 0.1) is 33.1 Å². The van der Waals surface area contributed by atoms with Gasteiger partial charge in [0.25, 0.3) is 0 Å². The van der Waals surface area contributed by atoms with E-state index in [1.807, 2.05) is 62.5 Å². The number of thiazole rings is 1. The maximum absolute atomic E-state index is 12.4. The zero-order chi connectivity index (χ0) is 18.0. The van der Waals surface area contributed by atoms with Gasteiger partial charge in [0.2, 0.25) is 0 Å². The topological polar surface area (TPSA) is 33.2 Å². The molecule has 3 rings (SSSR count). The molecule has 0 radical (unpaired) electrons. The van der Waals surface area contributed by atoms with Gasteiger partial charge in [0.15, 0.2) is 5.13 Å². The van der Waals surface area contributed by atoms with Gasteiger partial charge in [0.05, 0.1) is 11.4 Å². The molecule has 3 nitrogen and oxygen atoms in total. The number of anilines is 2. The number of carbonyl (C=O) groups is 1. The highest BCUT2D eigenvalue weighted by atomic mass is 32.1. The molecule has 4 heteroatoms. The fraction of sp³-hybridized carbons (Fsp3) is 0.143. The molecule has 1 amide bonds. The predicted octanol–water partition coefficient (Wildman–Crippen LogP) is 5.03. The van der Waals surface area contributed by atoms with Crippen LogP contribution in [0.5, 0.6) is 0 Å². The van der Waals surface area contributed by atoms with Crippen LogP contribution in [0.25, 0.3) is 11.3 Å². The number of amides is 1. The van der Waals surface area contributed by atoms with Crippen molar-refractivity contribution in [3.05, 3.63) is 64.5 Å². The van der Waals surface area contributed by atoms with Gasteiger partial charge < -0.3 is 0 Å². The van der Waals surface area contributed by atoms with Crippen LogP contribution < -0.4 is 4.90 Å². The van der Waals surface area contributed by atoms with Crippen LogP contribution in [0.4, 0.5) is 10.8 Å². The molecule has 0 bridgehead atoms. The molecular weight excluding hydrogens is 328 g/mol. The van der Waals surface area contributed by atoms with Crippen LogP contribution in [0.2, 0.25) is 0 Å². The largest absolute Gasteiger partial charge is 0.309 e. The Morgan fingerprint density at radius 2 is 1.68 bits per heavy atom. The Labute approximate surface area is 152 Å². The van der Waals surface area contributed by atoms with Crippen LogP contribution >= 0.6 is 11.3 Å². The lowest BCUT2D eigenvalue weighted by molar-refractivity contribution is -0.112. The van der Waals surface area contributed by atoms with Gasteiger partial charge in [0.1, 0.15) is 0 Å². The van der Waals surface area contributed by atoms with E-state index in [1.165, 1.54) is 21.8 Å². The first-order chi connectivity index (χ1) is 12.0. The minimum atomic E-state index is -0.421. The van der Waals surface area contributed by atoms with Gasteiger partial charge in [-0.05, 0) is 50.0 Å². The zero-order valence-corrected chi connectivity index (χ0v) is 15.2. The summed E-state index contributed by atoms with van der Waals surface area (Å²) in [5, 5.41) is 2.52. The van der Waals surface area contributed by atoms with Gasteiger partial charge in [-0.2, -0.15) is 0 Å². The van der Waals surface area contributed by atoms with Crippen LogP contribution in [-0.2, 0) is 4.79 Å². The Hall–Kier alpha value is -2.90. The van der Waals surface area contributed by atoms with E-state index in [0.717, 1.165) is 28.1 Å². The number of aromatic nitrogens is 1. The summed E-state index contributed by atoms with van der Waals surface area (Å²) < 4.78 is 0. The van der Waals surface area contributed by atoms with Gasteiger partial charge in [-0.15, -0.1) is 17.8 Å². The first-order valence-electron chi connectivity index (χ1n) is 7.89. The molecule has 124 valence electrons. The van der Waals surface area contributed by atoms with Crippen molar-refractivity contribution in [2.24, 2.45) is 0 Å². The summed E-state index contributed by atoms with van der Waals surface area (Å²) in [4.78, 5) is 18.5. The van der Waals surface area contributed by atoms with Crippen molar-refractivity contribution >= 4 is 28.1 Å². The summed E-state index contributed by atoms with van der Waals surface area (Å²) in [5.41, 5.74) is 5.92. The van der Waals surface area contributed by atoms with Crippen molar-refractivity contribution in [1.82, 2.24) is 4.98 Å². The van der Waals surface area contributed by atoms with E-state index >= 15 is 0 Å². The minimum Gasteiger partial charge on any atom is -0.258 e. The van der Waals surface area contributed by atoms with Crippen LogP contribution in [-0.4, -0.2) is 10.9 Å². The SMILES string of the molecule is C#CC(=O)N(c1cc(C)cc(C)c1)c1nc(-c2ccc(C)cc2)cs1. The van der Waals surface area contributed by atoms with Gasteiger partial charge in [-0.3, -0.25) is 4.79 Å². The highest BCUT2D eigenvalue weighted by Crippen LogP contribution is 2.33. The van der Waals surface area contributed by atoms with Gasteiger partial charge in [-0.25, -0.2) is 9.88 Å². The number of nitrogens with zero attached hydrogens (tertiary/aromatic N) is 2. The van der Waals surface area contributed by atoms with Gasteiger partial charge >= 0.3 is 5.91 Å². The van der Waals surface area contributed by atoms with E-state index in [0.29, 0.717) is 5.13 Å². The fourth-order valence-corrected chi connectivity index (χ4v) is 3.53. The second kappa shape index (κ2) is 6.92. The highest BCUT2D eigenvalue weighted by Gasteiger charge is 2.20. The average Bonchev–Trinajstić information content (AvgIpc) is 3.04. The monoisotopic (exact) mass is 346 g/mol. The molecule has 0 aliphatic rings. The van der Waals surface area contributed by atoms with E-state index in [9.17, 15) is 4.79 Å². The molecule has 3 aromatic rings. The quantitative estimate of drug-likeness (QED) is 0.623. The smallest absolute Gasteiger partial charge is 0.258 e. The Kier molecular flexibility index (Phi) is 4.69. The van der Waals surface area contributed by atoms with Crippen molar-refractivity contribution in [3.8, 4) is 23.6 Å². The molecule has 1 aromatic heterocycles. The molecule has 2 aromatic carbocycles. The normalized spacial score (nSPS) is 10.3. The number of benzene rings is 2. The number of hydrogen-bond acceptors (Lipinski definition) is 3. The van der Waals surface area contributed by atoms with E-state index in [-0.39, 0.29) is 0 Å². The van der Waals surface area contributed by atoms with Crippen molar-refractivity contribution in [3.63, 3.8) is 0 Å². The van der Waals surface area contributed by atoms with Crippen molar-refractivity contribution < 1.29 is 4.79 Å². The lowest BCUT2D eigenvalue weighted by Crippen LogP contribution is -2.24. The molecule has 0 atom stereocenters. The molecule has 0 saturated carbocycles. The number of aryl methyl sites for hydroxylation is 3. The summed E-state index contributed by atoms with van der Waals surface area (Å²) in [6.07, 6.45) is 5.39. The van der Waals surface area contributed by atoms with Gasteiger partial charge in [0, 0.05) is 10.9 Å². The third-order valence-electron chi connectivity index (χ3n) is 3.82. The van der Waals surface area contributed by atoms with Crippen LogP contribution in [0.3, 0.4) is 0 Å². The average molecular weight is 346 g/mol. The zero-order valence-electron chi connectivity index (χ0n) is 14.4. The first kappa shape index (κ1) is 16.9. The lowest BCUT2D eigenvalue weighted by atomic mass is 10.1. The predicted molar refractivity (Wildman–Crippen MR) is 104 cm³/mol. The van der Waals surface area contributed by atoms with Gasteiger partial charge in [-0.1, -0.05) is 35.9 Å². The highest BCUT2D eigenvalue weighted by molar-refractivity contribution is 7.14. The second-order valence-electron chi connectivity index (χ2n) is 6.01. The number of terminal acetylenes is 1.